The van der Waals surface area contributed by atoms with Crippen molar-refractivity contribution in [1.29, 1.82) is 0 Å². The Balaban J connectivity index is 2.11. The number of sulfonamides is 1. The van der Waals surface area contributed by atoms with E-state index in [1.54, 1.807) is 6.92 Å². The molecule has 0 saturated heterocycles. The number of carbonyl (C=O) groups is 1. The fraction of sp³-hybridized carbons (Fsp3) is 0.154. The lowest BCUT2D eigenvalue weighted by molar-refractivity contribution is 0.102. The fourth-order valence-electron chi connectivity index (χ4n) is 1.55. The number of hydrogen-bond acceptors (Lipinski definition) is 6. The highest BCUT2D eigenvalue weighted by atomic mass is 32.2. The zero-order chi connectivity index (χ0) is 16.2. The molecule has 1 aromatic carbocycles. The van der Waals surface area contributed by atoms with Crippen LogP contribution in [0.4, 0.5) is 5.13 Å². The minimum absolute atomic E-state index is 0.0812. The molecule has 0 bridgehead atoms. The third kappa shape index (κ3) is 3.97. The van der Waals surface area contributed by atoms with Gasteiger partial charge in [0.1, 0.15) is 5.01 Å². The predicted octanol–water partition coefficient (Wildman–Crippen LogP) is 1.56. The van der Waals surface area contributed by atoms with Gasteiger partial charge in [-0.1, -0.05) is 17.4 Å². The van der Waals surface area contributed by atoms with E-state index < -0.39 is 10.0 Å². The number of anilines is 1. The highest BCUT2D eigenvalue weighted by molar-refractivity contribution is 7.89. The van der Waals surface area contributed by atoms with E-state index in [-0.39, 0.29) is 17.3 Å². The van der Waals surface area contributed by atoms with Gasteiger partial charge < -0.3 is 0 Å². The molecular formula is C13H14N4O3S2. The lowest BCUT2D eigenvalue weighted by atomic mass is 10.2. The van der Waals surface area contributed by atoms with E-state index in [1.807, 2.05) is 0 Å². The normalized spacial score (nSPS) is 11.1. The van der Waals surface area contributed by atoms with Crippen LogP contribution in [0.15, 0.2) is 41.8 Å². The molecule has 9 heteroatoms. The van der Waals surface area contributed by atoms with Gasteiger partial charge in [0.25, 0.3) is 5.91 Å². The molecule has 2 N–H and O–H groups in total. The Labute approximate surface area is 132 Å². The highest BCUT2D eigenvalue weighted by Gasteiger charge is 2.14. The second-order valence-electron chi connectivity index (χ2n) is 4.25. The summed E-state index contributed by atoms with van der Waals surface area (Å²) in [6.45, 7) is 5.37. The van der Waals surface area contributed by atoms with E-state index in [1.165, 1.54) is 41.7 Å². The lowest BCUT2D eigenvalue weighted by Gasteiger charge is -2.06. The van der Waals surface area contributed by atoms with Crippen molar-refractivity contribution in [3.05, 3.63) is 47.5 Å². The Morgan fingerprint density at radius 2 is 2.00 bits per heavy atom. The summed E-state index contributed by atoms with van der Waals surface area (Å²) in [6.07, 6.45) is 1.45. The van der Waals surface area contributed by atoms with Crippen LogP contribution in [0.5, 0.6) is 0 Å². The van der Waals surface area contributed by atoms with Crippen LogP contribution in [-0.2, 0) is 10.0 Å². The van der Waals surface area contributed by atoms with Crippen LogP contribution in [0.3, 0.4) is 0 Å². The van der Waals surface area contributed by atoms with Gasteiger partial charge >= 0.3 is 0 Å². The summed E-state index contributed by atoms with van der Waals surface area (Å²) < 4.78 is 26.1. The maximum atomic E-state index is 12.0. The van der Waals surface area contributed by atoms with Crippen molar-refractivity contribution in [3.8, 4) is 0 Å². The fourth-order valence-corrected chi connectivity index (χ4v) is 3.14. The van der Waals surface area contributed by atoms with Crippen molar-refractivity contribution in [2.24, 2.45) is 0 Å². The van der Waals surface area contributed by atoms with Crippen LogP contribution in [-0.4, -0.2) is 31.1 Å². The van der Waals surface area contributed by atoms with Gasteiger partial charge in [0, 0.05) is 12.1 Å². The Hall–Kier alpha value is -2.10. The quantitative estimate of drug-likeness (QED) is 0.779. The molecule has 1 heterocycles. The molecule has 0 aliphatic carbocycles. The molecule has 0 aliphatic rings. The van der Waals surface area contributed by atoms with E-state index in [9.17, 15) is 13.2 Å². The summed E-state index contributed by atoms with van der Waals surface area (Å²) in [5.41, 5.74) is 0.329. The number of rotatable bonds is 6. The molecule has 0 atom stereocenters. The van der Waals surface area contributed by atoms with Gasteiger partial charge in [-0.15, -0.1) is 16.8 Å². The first kappa shape index (κ1) is 16.3. The molecule has 0 fully saturated rings. The van der Waals surface area contributed by atoms with Crippen LogP contribution in [0.25, 0.3) is 0 Å². The summed E-state index contributed by atoms with van der Waals surface area (Å²) in [6, 6.07) is 5.61. The number of benzene rings is 1. The maximum absolute atomic E-state index is 12.0. The molecule has 116 valence electrons. The van der Waals surface area contributed by atoms with Gasteiger partial charge in [-0.25, -0.2) is 13.1 Å². The van der Waals surface area contributed by atoms with Crippen LogP contribution in [0, 0.1) is 6.92 Å². The van der Waals surface area contributed by atoms with Gasteiger partial charge in [-0.05, 0) is 31.2 Å². The zero-order valence-corrected chi connectivity index (χ0v) is 13.4. The van der Waals surface area contributed by atoms with Crippen molar-refractivity contribution < 1.29 is 13.2 Å². The third-order valence-corrected chi connectivity index (χ3v) is 4.78. The molecule has 2 aromatic rings. The Morgan fingerprint density at radius 1 is 1.32 bits per heavy atom. The van der Waals surface area contributed by atoms with Gasteiger partial charge in [0.15, 0.2) is 0 Å². The number of nitrogens with one attached hydrogen (secondary N) is 2. The molecule has 22 heavy (non-hydrogen) atoms. The van der Waals surface area contributed by atoms with E-state index in [0.29, 0.717) is 10.7 Å². The third-order valence-electron chi connectivity index (χ3n) is 2.59. The van der Waals surface area contributed by atoms with Gasteiger partial charge in [0.2, 0.25) is 15.2 Å². The smallest absolute Gasteiger partial charge is 0.257 e. The largest absolute Gasteiger partial charge is 0.296 e. The highest BCUT2D eigenvalue weighted by Crippen LogP contribution is 2.16. The van der Waals surface area contributed by atoms with Crippen molar-refractivity contribution in [2.75, 3.05) is 11.9 Å². The molecule has 0 aliphatic heterocycles. The number of carbonyl (C=O) groups excluding carboxylic acids is 1. The molecule has 1 aromatic heterocycles. The summed E-state index contributed by atoms with van der Waals surface area (Å²) in [5.74, 6) is -0.376. The number of aryl methyl sites for hydroxylation is 1. The molecule has 0 spiro atoms. The zero-order valence-electron chi connectivity index (χ0n) is 11.7. The Kier molecular flexibility index (Phi) is 5.01. The Bertz CT molecular complexity index is 782. The van der Waals surface area contributed by atoms with Gasteiger partial charge in [-0.3, -0.25) is 10.1 Å². The van der Waals surface area contributed by atoms with E-state index >= 15 is 0 Å². The van der Waals surface area contributed by atoms with Crippen LogP contribution in [0.1, 0.15) is 15.4 Å². The van der Waals surface area contributed by atoms with Crippen molar-refractivity contribution in [2.45, 2.75) is 11.8 Å². The summed E-state index contributed by atoms with van der Waals surface area (Å²) in [7, 11) is -3.59. The first-order valence-electron chi connectivity index (χ1n) is 6.24. The molecule has 0 radical (unpaired) electrons. The monoisotopic (exact) mass is 338 g/mol. The van der Waals surface area contributed by atoms with Crippen molar-refractivity contribution in [3.63, 3.8) is 0 Å². The van der Waals surface area contributed by atoms with E-state index in [4.69, 9.17) is 0 Å². The number of amides is 1. The number of nitrogens with zero attached hydrogens (tertiary/aromatic N) is 2. The minimum Gasteiger partial charge on any atom is -0.296 e. The topological polar surface area (TPSA) is 101 Å². The molecule has 2 rings (SSSR count). The summed E-state index contributed by atoms with van der Waals surface area (Å²) >= 11 is 1.26. The Morgan fingerprint density at radius 3 is 2.55 bits per heavy atom. The van der Waals surface area contributed by atoms with Gasteiger partial charge in [0.05, 0.1) is 4.90 Å². The molecule has 0 saturated carbocycles. The average Bonchev–Trinajstić information content (AvgIpc) is 2.90. The second kappa shape index (κ2) is 6.77. The summed E-state index contributed by atoms with van der Waals surface area (Å²) in [5, 5.41) is 11.3. The SMILES string of the molecule is C=CCNS(=O)(=O)c1ccc(C(=O)Nc2nnc(C)s2)cc1. The van der Waals surface area contributed by atoms with Gasteiger partial charge in [-0.2, -0.15) is 0 Å². The van der Waals surface area contributed by atoms with Crippen LogP contribution >= 0.6 is 11.3 Å². The van der Waals surface area contributed by atoms with Crippen LogP contribution in [0.2, 0.25) is 0 Å². The predicted molar refractivity (Wildman–Crippen MR) is 84.4 cm³/mol. The van der Waals surface area contributed by atoms with E-state index in [2.05, 4.69) is 26.8 Å². The standard InChI is InChI=1S/C13H14N4O3S2/c1-3-8-14-22(19,20)11-6-4-10(5-7-11)12(18)15-13-17-16-9(2)21-13/h3-7,14H,1,8H2,2H3,(H,15,17,18). The minimum atomic E-state index is -3.59. The first-order valence-corrected chi connectivity index (χ1v) is 8.54. The number of aromatic nitrogens is 2. The molecule has 1 amide bonds. The first-order chi connectivity index (χ1) is 10.4. The van der Waals surface area contributed by atoms with Crippen LogP contribution < -0.4 is 10.0 Å². The molecular weight excluding hydrogens is 324 g/mol. The second-order valence-corrected chi connectivity index (χ2v) is 7.19. The maximum Gasteiger partial charge on any atom is 0.257 e. The summed E-state index contributed by atoms with van der Waals surface area (Å²) in [4.78, 5) is 12.1. The molecule has 7 nitrogen and oxygen atoms in total. The molecule has 0 unspecified atom stereocenters. The number of hydrogen-bond donors (Lipinski definition) is 2. The van der Waals surface area contributed by atoms with Crippen molar-refractivity contribution in [1.82, 2.24) is 14.9 Å². The van der Waals surface area contributed by atoms with Crippen molar-refractivity contribution >= 4 is 32.4 Å². The average molecular weight is 338 g/mol. The van der Waals surface area contributed by atoms with E-state index in [0.717, 1.165) is 5.01 Å². The lowest BCUT2D eigenvalue weighted by Crippen LogP contribution is -2.23.